The maximum Gasteiger partial charge on any atom is 0.248 e. The van der Waals surface area contributed by atoms with Crippen molar-refractivity contribution in [2.45, 2.75) is 25.3 Å². The molecule has 0 saturated heterocycles. The molecule has 1 aliphatic rings. The van der Waals surface area contributed by atoms with Gasteiger partial charge in [0.05, 0.1) is 0 Å². The van der Waals surface area contributed by atoms with E-state index in [1.165, 1.54) is 18.9 Å². The van der Waals surface area contributed by atoms with Gasteiger partial charge in [-0.2, -0.15) is 0 Å². The highest BCUT2D eigenvalue weighted by molar-refractivity contribution is 5.08. The molecule has 0 amide bonds. The molecule has 0 aliphatic heterocycles. The Bertz CT molecular complexity index is 341. The summed E-state index contributed by atoms with van der Waals surface area (Å²) >= 11 is 0. The van der Waals surface area contributed by atoms with E-state index >= 15 is 0 Å². The molecule has 0 bridgehead atoms. The number of hydrogen-bond acceptors (Lipinski definition) is 2. The molecule has 2 rings (SSSR count). The molecule has 1 aromatic heterocycles. The third kappa shape index (κ3) is 2.18. The van der Waals surface area contributed by atoms with E-state index in [1.54, 1.807) is 6.07 Å². The minimum atomic E-state index is -0.0660. The van der Waals surface area contributed by atoms with Crippen LogP contribution in [0.1, 0.15) is 31.0 Å². The Morgan fingerprint density at radius 3 is 2.92 bits per heavy atom. The standard InChI is InChI=1S/C10H14N2O/c11-8(6-7-4-5-7)9-2-1-3-10(13)12-9/h1-3,7-8H,4-6,11H2,(H,12,13)/t8-/m0/s1. The van der Waals surface area contributed by atoms with E-state index in [2.05, 4.69) is 4.98 Å². The highest BCUT2D eigenvalue weighted by Gasteiger charge is 2.24. The van der Waals surface area contributed by atoms with Crippen LogP contribution >= 0.6 is 0 Å². The highest BCUT2D eigenvalue weighted by Crippen LogP contribution is 2.36. The molecule has 1 heterocycles. The second-order valence-corrected chi connectivity index (χ2v) is 3.76. The topological polar surface area (TPSA) is 58.9 Å². The Morgan fingerprint density at radius 2 is 2.31 bits per heavy atom. The highest BCUT2D eigenvalue weighted by atomic mass is 16.1. The van der Waals surface area contributed by atoms with Gasteiger partial charge in [-0.15, -0.1) is 0 Å². The van der Waals surface area contributed by atoms with Crippen molar-refractivity contribution in [3.05, 3.63) is 34.2 Å². The lowest BCUT2D eigenvalue weighted by Gasteiger charge is -2.09. The quantitative estimate of drug-likeness (QED) is 0.730. The van der Waals surface area contributed by atoms with E-state index in [0.717, 1.165) is 18.0 Å². The summed E-state index contributed by atoms with van der Waals surface area (Å²) in [6.07, 6.45) is 3.59. The van der Waals surface area contributed by atoms with Crippen LogP contribution in [0.25, 0.3) is 0 Å². The third-order valence-corrected chi connectivity index (χ3v) is 2.47. The average molecular weight is 178 g/mol. The smallest absolute Gasteiger partial charge is 0.248 e. The normalized spacial score (nSPS) is 18.5. The fourth-order valence-corrected chi connectivity index (χ4v) is 1.52. The minimum absolute atomic E-state index is 0.00130. The van der Waals surface area contributed by atoms with E-state index in [0.29, 0.717) is 0 Å². The number of aromatic amines is 1. The van der Waals surface area contributed by atoms with Crippen molar-refractivity contribution in [2.75, 3.05) is 0 Å². The summed E-state index contributed by atoms with van der Waals surface area (Å²) in [6.45, 7) is 0. The second kappa shape index (κ2) is 3.34. The van der Waals surface area contributed by atoms with Crippen molar-refractivity contribution < 1.29 is 0 Å². The van der Waals surface area contributed by atoms with Crippen molar-refractivity contribution in [3.63, 3.8) is 0 Å². The number of hydrogen-bond donors (Lipinski definition) is 2. The minimum Gasteiger partial charge on any atom is -0.325 e. The Labute approximate surface area is 77.0 Å². The van der Waals surface area contributed by atoms with Gasteiger partial charge in [0.1, 0.15) is 0 Å². The Kier molecular flexibility index (Phi) is 2.19. The lowest BCUT2D eigenvalue weighted by atomic mass is 10.1. The van der Waals surface area contributed by atoms with Gasteiger partial charge >= 0.3 is 0 Å². The number of pyridine rings is 1. The van der Waals surface area contributed by atoms with Gasteiger partial charge in [-0.3, -0.25) is 4.79 Å². The molecule has 3 nitrogen and oxygen atoms in total. The predicted octanol–water partition coefficient (Wildman–Crippen LogP) is 1.17. The van der Waals surface area contributed by atoms with Gasteiger partial charge in [-0.05, 0) is 18.4 Å². The number of H-pyrrole nitrogens is 1. The first-order valence-electron chi connectivity index (χ1n) is 4.70. The monoisotopic (exact) mass is 178 g/mol. The molecule has 1 fully saturated rings. The first-order valence-corrected chi connectivity index (χ1v) is 4.70. The van der Waals surface area contributed by atoms with Crippen LogP contribution in [0, 0.1) is 5.92 Å². The molecule has 0 aromatic carbocycles. The van der Waals surface area contributed by atoms with E-state index in [4.69, 9.17) is 5.73 Å². The lowest BCUT2D eigenvalue weighted by molar-refractivity contribution is 0.582. The van der Waals surface area contributed by atoms with Crippen molar-refractivity contribution in [2.24, 2.45) is 11.7 Å². The molecule has 1 aliphatic carbocycles. The molecule has 0 unspecified atom stereocenters. The SMILES string of the molecule is N[C@@H](CC1CC1)c1cccc(=O)[nH]1. The summed E-state index contributed by atoms with van der Waals surface area (Å²) in [5, 5.41) is 0. The van der Waals surface area contributed by atoms with Crippen LogP contribution in [-0.2, 0) is 0 Å². The van der Waals surface area contributed by atoms with Crippen LogP contribution in [0.4, 0.5) is 0 Å². The molecule has 70 valence electrons. The van der Waals surface area contributed by atoms with Crippen LogP contribution in [0.2, 0.25) is 0 Å². The summed E-state index contributed by atoms with van der Waals surface area (Å²) in [5.41, 5.74) is 6.73. The van der Waals surface area contributed by atoms with Crippen molar-refractivity contribution in [1.29, 1.82) is 0 Å². The number of nitrogens with two attached hydrogens (primary N) is 1. The second-order valence-electron chi connectivity index (χ2n) is 3.76. The number of rotatable bonds is 3. The van der Waals surface area contributed by atoms with E-state index in [1.807, 2.05) is 6.07 Å². The average Bonchev–Trinajstić information content (AvgIpc) is 2.88. The molecule has 1 aromatic rings. The summed E-state index contributed by atoms with van der Waals surface area (Å²) in [5.74, 6) is 0.790. The summed E-state index contributed by atoms with van der Waals surface area (Å²) < 4.78 is 0. The van der Waals surface area contributed by atoms with Crippen molar-refractivity contribution in [1.82, 2.24) is 4.98 Å². The van der Waals surface area contributed by atoms with Crippen LogP contribution in [0.3, 0.4) is 0 Å². The molecule has 1 atom stereocenters. The maximum absolute atomic E-state index is 11.0. The number of aromatic nitrogens is 1. The van der Waals surface area contributed by atoms with Gasteiger partial charge in [0, 0.05) is 17.8 Å². The molecular formula is C10H14N2O. The van der Waals surface area contributed by atoms with Gasteiger partial charge in [0.15, 0.2) is 0 Å². The Hall–Kier alpha value is -1.09. The van der Waals surface area contributed by atoms with Crippen LogP contribution < -0.4 is 11.3 Å². The lowest BCUT2D eigenvalue weighted by Crippen LogP contribution is -2.17. The molecule has 13 heavy (non-hydrogen) atoms. The van der Waals surface area contributed by atoms with Gasteiger partial charge in [-0.1, -0.05) is 18.9 Å². The van der Waals surface area contributed by atoms with Gasteiger partial charge in [0.25, 0.3) is 0 Å². The Balaban J connectivity index is 2.09. The molecular weight excluding hydrogens is 164 g/mol. The van der Waals surface area contributed by atoms with Crippen LogP contribution in [0.5, 0.6) is 0 Å². The zero-order valence-corrected chi connectivity index (χ0v) is 7.49. The third-order valence-electron chi connectivity index (χ3n) is 2.47. The van der Waals surface area contributed by atoms with Gasteiger partial charge in [0.2, 0.25) is 5.56 Å². The summed E-state index contributed by atoms with van der Waals surface area (Å²) in [6, 6.07) is 5.14. The molecule has 0 spiro atoms. The van der Waals surface area contributed by atoms with Crippen LogP contribution in [-0.4, -0.2) is 4.98 Å². The zero-order chi connectivity index (χ0) is 9.26. The van der Waals surface area contributed by atoms with Crippen molar-refractivity contribution >= 4 is 0 Å². The fourth-order valence-electron chi connectivity index (χ4n) is 1.52. The van der Waals surface area contributed by atoms with Crippen molar-refractivity contribution in [3.8, 4) is 0 Å². The van der Waals surface area contributed by atoms with E-state index < -0.39 is 0 Å². The van der Waals surface area contributed by atoms with E-state index in [9.17, 15) is 4.79 Å². The summed E-state index contributed by atoms with van der Waals surface area (Å²) in [7, 11) is 0. The molecule has 3 N–H and O–H groups in total. The first kappa shape index (κ1) is 8.51. The van der Waals surface area contributed by atoms with Gasteiger partial charge < -0.3 is 10.7 Å². The maximum atomic E-state index is 11.0. The van der Waals surface area contributed by atoms with Crippen LogP contribution in [0.15, 0.2) is 23.0 Å². The van der Waals surface area contributed by atoms with E-state index in [-0.39, 0.29) is 11.6 Å². The molecule has 3 heteroatoms. The summed E-state index contributed by atoms with van der Waals surface area (Å²) in [4.78, 5) is 13.7. The molecule has 0 radical (unpaired) electrons. The first-order chi connectivity index (χ1) is 6.25. The molecule has 1 saturated carbocycles. The van der Waals surface area contributed by atoms with Gasteiger partial charge in [-0.25, -0.2) is 0 Å². The fraction of sp³-hybridized carbons (Fsp3) is 0.500. The zero-order valence-electron chi connectivity index (χ0n) is 7.49. The largest absolute Gasteiger partial charge is 0.325 e. The predicted molar refractivity (Wildman–Crippen MR) is 51.3 cm³/mol. The number of nitrogens with one attached hydrogen (secondary N) is 1. The Morgan fingerprint density at radius 1 is 1.54 bits per heavy atom.